The van der Waals surface area contributed by atoms with Gasteiger partial charge in [0.15, 0.2) is 0 Å². The molecule has 3 nitrogen and oxygen atoms in total. The van der Waals surface area contributed by atoms with E-state index in [9.17, 15) is 5.11 Å². The number of hydrogen-bond donors (Lipinski definition) is 3. The van der Waals surface area contributed by atoms with Gasteiger partial charge in [-0.2, -0.15) is 0 Å². The van der Waals surface area contributed by atoms with Crippen LogP contribution in [0.4, 0.5) is 0 Å². The van der Waals surface area contributed by atoms with E-state index in [4.69, 9.17) is 11.5 Å². The number of hydrogen-bond acceptors (Lipinski definition) is 3. The maximum absolute atomic E-state index is 9.36. The second-order valence-corrected chi connectivity index (χ2v) is 2.61. The Kier molecular flexibility index (Phi) is 2.24. The van der Waals surface area contributed by atoms with Gasteiger partial charge in [-0.25, -0.2) is 0 Å². The molecular formula is C9H12N2O. The molecule has 0 unspecified atom stereocenters. The van der Waals surface area contributed by atoms with E-state index in [0.29, 0.717) is 17.0 Å². The topological polar surface area (TPSA) is 72.3 Å². The average molecular weight is 164 g/mol. The van der Waals surface area contributed by atoms with E-state index in [2.05, 4.69) is 0 Å². The van der Waals surface area contributed by atoms with Crippen molar-refractivity contribution >= 4 is 5.70 Å². The lowest BCUT2D eigenvalue weighted by Crippen LogP contribution is -2.05. The molecule has 12 heavy (non-hydrogen) atoms. The molecule has 0 amide bonds. The fourth-order valence-corrected chi connectivity index (χ4v) is 0.914. The SMILES string of the molecule is C/C(N)=C(\N)c1ccccc1O. The predicted molar refractivity (Wildman–Crippen MR) is 49.1 cm³/mol. The minimum absolute atomic E-state index is 0.153. The monoisotopic (exact) mass is 164 g/mol. The molecule has 0 aliphatic heterocycles. The van der Waals surface area contributed by atoms with E-state index >= 15 is 0 Å². The van der Waals surface area contributed by atoms with Gasteiger partial charge in [0.25, 0.3) is 0 Å². The average Bonchev–Trinajstić information content (AvgIpc) is 2.04. The number of nitrogens with two attached hydrogens (primary N) is 2. The second-order valence-electron chi connectivity index (χ2n) is 2.61. The molecule has 0 heterocycles. The van der Waals surface area contributed by atoms with Crippen molar-refractivity contribution in [3.8, 4) is 5.75 Å². The largest absolute Gasteiger partial charge is 0.507 e. The number of phenols is 1. The Hall–Kier alpha value is -1.64. The van der Waals surface area contributed by atoms with Gasteiger partial charge in [0.2, 0.25) is 0 Å². The Morgan fingerprint density at radius 1 is 1.25 bits per heavy atom. The van der Waals surface area contributed by atoms with Crippen LogP contribution in [0, 0.1) is 0 Å². The molecule has 0 saturated carbocycles. The van der Waals surface area contributed by atoms with Crippen molar-refractivity contribution in [2.75, 3.05) is 0 Å². The molecule has 0 aromatic heterocycles. The molecule has 1 rings (SSSR count). The summed E-state index contributed by atoms with van der Waals surface area (Å²) in [5, 5.41) is 9.36. The Morgan fingerprint density at radius 3 is 2.33 bits per heavy atom. The van der Waals surface area contributed by atoms with E-state index in [1.165, 1.54) is 0 Å². The highest BCUT2D eigenvalue weighted by molar-refractivity contribution is 5.69. The second kappa shape index (κ2) is 3.17. The number of allylic oxidation sites excluding steroid dienone is 1. The summed E-state index contributed by atoms with van der Waals surface area (Å²) in [6, 6.07) is 6.83. The molecule has 1 aromatic rings. The van der Waals surface area contributed by atoms with Crippen LogP contribution >= 0.6 is 0 Å². The van der Waals surface area contributed by atoms with Crippen molar-refractivity contribution in [1.82, 2.24) is 0 Å². The summed E-state index contributed by atoms with van der Waals surface area (Å²) in [6.07, 6.45) is 0. The van der Waals surface area contributed by atoms with Crippen LogP contribution in [0.15, 0.2) is 30.0 Å². The van der Waals surface area contributed by atoms with E-state index in [1.807, 2.05) is 0 Å². The number of para-hydroxylation sites is 1. The lowest BCUT2D eigenvalue weighted by Gasteiger charge is -2.05. The summed E-state index contributed by atoms with van der Waals surface area (Å²) in [5.74, 6) is 0.153. The van der Waals surface area contributed by atoms with Gasteiger partial charge in [-0.05, 0) is 19.1 Å². The molecule has 0 aliphatic carbocycles. The van der Waals surface area contributed by atoms with Gasteiger partial charge in [0, 0.05) is 11.3 Å². The number of phenolic OH excluding ortho intramolecular Hbond substituents is 1. The van der Waals surface area contributed by atoms with Crippen LogP contribution in [0.25, 0.3) is 5.70 Å². The Bertz CT molecular complexity index is 314. The molecule has 1 aromatic carbocycles. The number of aromatic hydroxyl groups is 1. The molecule has 0 atom stereocenters. The van der Waals surface area contributed by atoms with Crippen LogP contribution in [-0.4, -0.2) is 5.11 Å². The van der Waals surface area contributed by atoms with Crippen LogP contribution in [0.1, 0.15) is 12.5 Å². The molecule has 0 fully saturated rings. The van der Waals surface area contributed by atoms with E-state index in [0.717, 1.165) is 0 Å². The van der Waals surface area contributed by atoms with Crippen LogP contribution in [0.2, 0.25) is 0 Å². The molecule has 64 valence electrons. The zero-order valence-corrected chi connectivity index (χ0v) is 6.91. The summed E-state index contributed by atoms with van der Waals surface area (Å²) in [6.45, 7) is 1.70. The fourth-order valence-electron chi connectivity index (χ4n) is 0.914. The highest BCUT2D eigenvalue weighted by Gasteiger charge is 2.03. The standard InChI is InChI=1S/C9H12N2O/c1-6(10)9(11)7-4-2-3-5-8(7)12/h2-5,12H,10-11H2,1H3/b9-6+. The third-order valence-corrected chi connectivity index (χ3v) is 1.62. The van der Waals surface area contributed by atoms with Crippen LogP contribution in [0.3, 0.4) is 0 Å². The first-order valence-corrected chi connectivity index (χ1v) is 3.63. The zero-order chi connectivity index (χ0) is 9.14. The highest BCUT2D eigenvalue weighted by atomic mass is 16.3. The molecule has 0 radical (unpaired) electrons. The van der Waals surface area contributed by atoms with Crippen molar-refractivity contribution in [2.24, 2.45) is 11.5 Å². The number of rotatable bonds is 1. The minimum Gasteiger partial charge on any atom is -0.507 e. The molecule has 5 N–H and O–H groups in total. The lowest BCUT2D eigenvalue weighted by molar-refractivity contribution is 0.473. The van der Waals surface area contributed by atoms with E-state index < -0.39 is 0 Å². The molecule has 0 spiro atoms. The maximum atomic E-state index is 9.36. The van der Waals surface area contributed by atoms with Crippen molar-refractivity contribution in [1.29, 1.82) is 0 Å². The van der Waals surface area contributed by atoms with Crippen molar-refractivity contribution in [3.63, 3.8) is 0 Å². The Morgan fingerprint density at radius 2 is 1.83 bits per heavy atom. The predicted octanol–water partition coefficient (Wildman–Crippen LogP) is 0.998. The van der Waals surface area contributed by atoms with Crippen molar-refractivity contribution < 1.29 is 5.11 Å². The Balaban J connectivity index is 3.21. The quantitative estimate of drug-likeness (QED) is 0.579. The van der Waals surface area contributed by atoms with Gasteiger partial charge in [0.1, 0.15) is 5.75 Å². The van der Waals surface area contributed by atoms with Crippen LogP contribution < -0.4 is 11.5 Å². The van der Waals surface area contributed by atoms with Gasteiger partial charge < -0.3 is 16.6 Å². The van der Waals surface area contributed by atoms with Crippen molar-refractivity contribution in [3.05, 3.63) is 35.5 Å². The molecule has 0 aliphatic rings. The summed E-state index contributed by atoms with van der Waals surface area (Å²) >= 11 is 0. The maximum Gasteiger partial charge on any atom is 0.124 e. The lowest BCUT2D eigenvalue weighted by atomic mass is 10.1. The smallest absolute Gasteiger partial charge is 0.124 e. The van der Waals surface area contributed by atoms with Gasteiger partial charge in [-0.1, -0.05) is 12.1 Å². The third-order valence-electron chi connectivity index (χ3n) is 1.62. The minimum atomic E-state index is 0.153. The first-order chi connectivity index (χ1) is 5.63. The van der Waals surface area contributed by atoms with Gasteiger partial charge in [-0.3, -0.25) is 0 Å². The van der Waals surface area contributed by atoms with Crippen LogP contribution in [-0.2, 0) is 0 Å². The van der Waals surface area contributed by atoms with E-state index in [1.54, 1.807) is 31.2 Å². The van der Waals surface area contributed by atoms with Crippen molar-refractivity contribution in [2.45, 2.75) is 6.92 Å². The fraction of sp³-hybridized carbons (Fsp3) is 0.111. The van der Waals surface area contributed by atoms with Gasteiger partial charge >= 0.3 is 0 Å². The van der Waals surface area contributed by atoms with Crippen LogP contribution in [0.5, 0.6) is 5.75 Å². The summed E-state index contributed by atoms with van der Waals surface area (Å²) in [4.78, 5) is 0. The highest BCUT2D eigenvalue weighted by Crippen LogP contribution is 2.21. The first-order valence-electron chi connectivity index (χ1n) is 3.63. The zero-order valence-electron chi connectivity index (χ0n) is 6.91. The van der Waals surface area contributed by atoms with E-state index in [-0.39, 0.29) is 5.75 Å². The normalized spacial score (nSPS) is 12.4. The molecular weight excluding hydrogens is 152 g/mol. The first kappa shape index (κ1) is 8.46. The number of benzene rings is 1. The third kappa shape index (κ3) is 1.50. The molecule has 3 heteroatoms. The van der Waals surface area contributed by atoms with Gasteiger partial charge in [-0.15, -0.1) is 0 Å². The summed E-state index contributed by atoms with van der Waals surface area (Å²) in [7, 11) is 0. The molecule has 0 saturated heterocycles. The van der Waals surface area contributed by atoms with Gasteiger partial charge in [0.05, 0.1) is 5.70 Å². The Labute approximate surface area is 71.3 Å². The molecule has 0 bridgehead atoms. The summed E-state index contributed by atoms with van der Waals surface area (Å²) in [5.41, 5.74) is 12.6. The summed E-state index contributed by atoms with van der Waals surface area (Å²) < 4.78 is 0.